The number of hydrogen-bond donors (Lipinski definition) is 1. The number of piperidine rings is 1. The van der Waals surface area contributed by atoms with Crippen molar-refractivity contribution in [2.45, 2.75) is 32.4 Å². The number of hydrogen-bond acceptors (Lipinski definition) is 2. The van der Waals surface area contributed by atoms with E-state index in [1.54, 1.807) is 0 Å². The summed E-state index contributed by atoms with van der Waals surface area (Å²) in [6.45, 7) is 4.11. The lowest BCUT2D eigenvalue weighted by Crippen LogP contribution is -2.43. The quantitative estimate of drug-likeness (QED) is 0.914. The Kier molecular flexibility index (Phi) is 5.63. The smallest absolute Gasteiger partial charge is 0.220 e. The molecular formula is C14H21ClN2O. The van der Waals surface area contributed by atoms with Crippen LogP contribution < -0.4 is 5.73 Å². The van der Waals surface area contributed by atoms with E-state index in [2.05, 4.69) is 36.1 Å². The highest BCUT2D eigenvalue weighted by Crippen LogP contribution is 2.23. The van der Waals surface area contributed by atoms with Gasteiger partial charge in [0, 0.05) is 18.5 Å². The summed E-state index contributed by atoms with van der Waals surface area (Å²) in [5.74, 6) is -0.0757. The van der Waals surface area contributed by atoms with Crippen LogP contribution in [0.15, 0.2) is 30.3 Å². The monoisotopic (exact) mass is 268 g/mol. The van der Waals surface area contributed by atoms with Crippen LogP contribution >= 0.6 is 12.4 Å². The van der Waals surface area contributed by atoms with Crippen molar-refractivity contribution in [3.63, 3.8) is 0 Å². The van der Waals surface area contributed by atoms with Gasteiger partial charge < -0.3 is 5.73 Å². The molecule has 1 saturated heterocycles. The number of carbonyl (C=O) groups is 1. The molecule has 0 spiro atoms. The van der Waals surface area contributed by atoms with Crippen LogP contribution in [0.4, 0.5) is 0 Å². The highest BCUT2D eigenvalue weighted by atomic mass is 35.5. The molecule has 1 aromatic rings. The van der Waals surface area contributed by atoms with Crippen molar-refractivity contribution in [3.05, 3.63) is 35.9 Å². The van der Waals surface area contributed by atoms with Gasteiger partial charge in [0.15, 0.2) is 0 Å². The maximum atomic E-state index is 11.2. The van der Waals surface area contributed by atoms with Gasteiger partial charge in [0.05, 0.1) is 0 Å². The van der Waals surface area contributed by atoms with E-state index < -0.39 is 0 Å². The molecular weight excluding hydrogens is 248 g/mol. The van der Waals surface area contributed by atoms with Gasteiger partial charge in [0.1, 0.15) is 0 Å². The third-order valence-corrected chi connectivity index (χ3v) is 3.64. The SMILES string of the molecule is CC1CC(C(N)=O)CCN1Cc1ccccc1.Cl. The molecule has 1 aliphatic heterocycles. The van der Waals surface area contributed by atoms with E-state index in [4.69, 9.17) is 5.73 Å². The van der Waals surface area contributed by atoms with Crippen LogP contribution in [0.25, 0.3) is 0 Å². The third kappa shape index (κ3) is 3.72. The van der Waals surface area contributed by atoms with Crippen LogP contribution in [0, 0.1) is 5.92 Å². The second kappa shape index (κ2) is 6.76. The fourth-order valence-corrected chi connectivity index (χ4v) is 2.53. The number of nitrogens with two attached hydrogens (primary N) is 1. The Balaban J connectivity index is 0.00000162. The number of primary amides is 1. The fraction of sp³-hybridized carbons (Fsp3) is 0.500. The maximum Gasteiger partial charge on any atom is 0.220 e. The molecule has 100 valence electrons. The molecule has 1 aliphatic rings. The Morgan fingerprint density at radius 2 is 2.06 bits per heavy atom. The van der Waals surface area contributed by atoms with Crippen molar-refractivity contribution in [2.24, 2.45) is 11.7 Å². The molecule has 0 bridgehead atoms. The molecule has 1 aromatic carbocycles. The van der Waals surface area contributed by atoms with E-state index in [1.165, 1.54) is 5.56 Å². The number of halogens is 1. The maximum absolute atomic E-state index is 11.2. The van der Waals surface area contributed by atoms with Crippen molar-refractivity contribution >= 4 is 18.3 Å². The van der Waals surface area contributed by atoms with Crippen LogP contribution in [-0.4, -0.2) is 23.4 Å². The van der Waals surface area contributed by atoms with Gasteiger partial charge in [-0.15, -0.1) is 12.4 Å². The van der Waals surface area contributed by atoms with Gasteiger partial charge in [-0.3, -0.25) is 9.69 Å². The van der Waals surface area contributed by atoms with E-state index >= 15 is 0 Å². The number of rotatable bonds is 3. The van der Waals surface area contributed by atoms with E-state index in [0.29, 0.717) is 6.04 Å². The molecule has 0 aliphatic carbocycles. The second-order valence-electron chi connectivity index (χ2n) is 4.93. The van der Waals surface area contributed by atoms with Crippen LogP contribution in [0.2, 0.25) is 0 Å². The van der Waals surface area contributed by atoms with Crippen LogP contribution in [0.1, 0.15) is 25.3 Å². The number of benzene rings is 1. The Morgan fingerprint density at radius 1 is 1.39 bits per heavy atom. The first-order chi connectivity index (χ1) is 8.16. The summed E-state index contributed by atoms with van der Waals surface area (Å²) in [4.78, 5) is 13.6. The van der Waals surface area contributed by atoms with Crippen LogP contribution in [0.5, 0.6) is 0 Å². The molecule has 2 unspecified atom stereocenters. The minimum absolute atomic E-state index is 0. The Morgan fingerprint density at radius 3 is 2.61 bits per heavy atom. The molecule has 2 rings (SSSR count). The zero-order valence-corrected chi connectivity index (χ0v) is 11.5. The summed E-state index contributed by atoms with van der Waals surface area (Å²) in [5, 5.41) is 0. The van der Waals surface area contributed by atoms with Gasteiger partial charge in [-0.25, -0.2) is 0 Å². The van der Waals surface area contributed by atoms with E-state index in [9.17, 15) is 4.79 Å². The summed E-state index contributed by atoms with van der Waals surface area (Å²) in [6, 6.07) is 10.9. The molecule has 1 fully saturated rings. The van der Waals surface area contributed by atoms with Crippen molar-refractivity contribution in [1.29, 1.82) is 0 Å². The van der Waals surface area contributed by atoms with Crippen molar-refractivity contribution in [3.8, 4) is 0 Å². The molecule has 2 N–H and O–H groups in total. The van der Waals surface area contributed by atoms with Gasteiger partial charge in [0.2, 0.25) is 5.91 Å². The zero-order chi connectivity index (χ0) is 12.3. The lowest BCUT2D eigenvalue weighted by Gasteiger charge is -2.36. The number of likely N-dealkylation sites (tertiary alicyclic amines) is 1. The van der Waals surface area contributed by atoms with Crippen LogP contribution in [-0.2, 0) is 11.3 Å². The van der Waals surface area contributed by atoms with Gasteiger partial charge in [0.25, 0.3) is 0 Å². The second-order valence-corrected chi connectivity index (χ2v) is 4.93. The summed E-state index contributed by atoms with van der Waals surface area (Å²) in [7, 11) is 0. The molecule has 0 saturated carbocycles. The summed E-state index contributed by atoms with van der Waals surface area (Å²) in [6.07, 6.45) is 1.79. The molecule has 4 heteroatoms. The zero-order valence-electron chi connectivity index (χ0n) is 10.7. The van der Waals surface area contributed by atoms with Gasteiger partial charge >= 0.3 is 0 Å². The highest BCUT2D eigenvalue weighted by Gasteiger charge is 2.28. The Hall–Kier alpha value is -1.06. The highest BCUT2D eigenvalue weighted by molar-refractivity contribution is 5.85. The van der Waals surface area contributed by atoms with Crippen molar-refractivity contribution in [1.82, 2.24) is 4.90 Å². The lowest BCUT2D eigenvalue weighted by molar-refractivity contribution is -0.123. The first-order valence-electron chi connectivity index (χ1n) is 6.24. The van der Waals surface area contributed by atoms with E-state index in [0.717, 1.165) is 25.9 Å². The molecule has 1 amide bonds. The van der Waals surface area contributed by atoms with Crippen molar-refractivity contribution < 1.29 is 4.79 Å². The standard InChI is InChI=1S/C14H20N2O.ClH/c1-11-9-13(14(15)17)7-8-16(11)10-12-5-3-2-4-6-12;/h2-6,11,13H,7-10H2,1H3,(H2,15,17);1H. The third-order valence-electron chi connectivity index (χ3n) is 3.64. The predicted molar refractivity (Wildman–Crippen MR) is 75.5 cm³/mol. The normalized spacial score (nSPS) is 24.3. The number of nitrogens with zero attached hydrogens (tertiary/aromatic N) is 1. The molecule has 0 aromatic heterocycles. The fourth-order valence-electron chi connectivity index (χ4n) is 2.53. The molecule has 1 heterocycles. The molecule has 0 radical (unpaired) electrons. The van der Waals surface area contributed by atoms with Gasteiger partial charge in [-0.2, -0.15) is 0 Å². The minimum atomic E-state index is -0.142. The molecule has 3 nitrogen and oxygen atoms in total. The number of amides is 1. The molecule has 2 atom stereocenters. The van der Waals surface area contributed by atoms with E-state index in [1.807, 2.05) is 6.07 Å². The van der Waals surface area contributed by atoms with Crippen LogP contribution in [0.3, 0.4) is 0 Å². The van der Waals surface area contributed by atoms with Gasteiger partial charge in [-0.05, 0) is 31.9 Å². The Labute approximate surface area is 115 Å². The first-order valence-corrected chi connectivity index (χ1v) is 6.24. The summed E-state index contributed by atoms with van der Waals surface area (Å²) >= 11 is 0. The Bertz CT molecular complexity index is 383. The average Bonchev–Trinajstić information content (AvgIpc) is 2.33. The summed E-state index contributed by atoms with van der Waals surface area (Å²) in [5.41, 5.74) is 6.70. The lowest BCUT2D eigenvalue weighted by atomic mass is 9.91. The van der Waals surface area contributed by atoms with Crippen molar-refractivity contribution in [2.75, 3.05) is 6.54 Å². The number of carbonyl (C=O) groups excluding carboxylic acids is 1. The predicted octanol–water partition coefficient (Wildman–Crippen LogP) is 2.19. The van der Waals surface area contributed by atoms with E-state index in [-0.39, 0.29) is 24.2 Å². The topological polar surface area (TPSA) is 46.3 Å². The summed E-state index contributed by atoms with van der Waals surface area (Å²) < 4.78 is 0. The molecule has 18 heavy (non-hydrogen) atoms. The largest absolute Gasteiger partial charge is 0.369 e. The van der Waals surface area contributed by atoms with Gasteiger partial charge in [-0.1, -0.05) is 30.3 Å². The minimum Gasteiger partial charge on any atom is -0.369 e. The first kappa shape index (κ1) is 15.0. The average molecular weight is 269 g/mol.